The standard InChI is InChI=1S/C13H18BrNO/c1-10-4-5-12(14)7-13(10)15-8-11-3-2-6-16-9-11/h4-5,7,11,15H,2-3,6,8-9H2,1H3. The lowest BCUT2D eigenvalue weighted by atomic mass is 10.0. The number of hydrogen-bond acceptors (Lipinski definition) is 2. The lowest BCUT2D eigenvalue weighted by Gasteiger charge is -2.23. The Kier molecular flexibility index (Phi) is 4.24. The SMILES string of the molecule is Cc1ccc(Br)cc1NCC1CCCOC1. The molecular formula is C13H18BrNO. The van der Waals surface area contributed by atoms with Crippen molar-refractivity contribution in [1.82, 2.24) is 0 Å². The first kappa shape index (κ1) is 11.9. The van der Waals surface area contributed by atoms with Crippen molar-refractivity contribution in [2.24, 2.45) is 5.92 Å². The Morgan fingerprint density at radius 2 is 2.38 bits per heavy atom. The van der Waals surface area contributed by atoms with Crippen LogP contribution in [-0.4, -0.2) is 19.8 Å². The maximum Gasteiger partial charge on any atom is 0.0511 e. The molecule has 1 fully saturated rings. The zero-order valence-electron chi connectivity index (χ0n) is 9.63. The van der Waals surface area contributed by atoms with Crippen molar-refractivity contribution >= 4 is 21.6 Å². The molecule has 1 aliphatic heterocycles. The summed E-state index contributed by atoms with van der Waals surface area (Å²) in [5, 5.41) is 3.51. The maximum absolute atomic E-state index is 5.48. The molecule has 2 rings (SSSR count). The molecule has 88 valence electrons. The van der Waals surface area contributed by atoms with E-state index in [9.17, 15) is 0 Å². The van der Waals surface area contributed by atoms with E-state index in [1.54, 1.807) is 0 Å². The van der Waals surface area contributed by atoms with E-state index in [1.165, 1.54) is 24.1 Å². The fourth-order valence-electron chi connectivity index (χ4n) is 2.01. The van der Waals surface area contributed by atoms with E-state index in [2.05, 4.69) is 46.4 Å². The fraction of sp³-hybridized carbons (Fsp3) is 0.538. The van der Waals surface area contributed by atoms with Gasteiger partial charge in [0.2, 0.25) is 0 Å². The van der Waals surface area contributed by atoms with E-state index >= 15 is 0 Å². The average molecular weight is 284 g/mol. The molecular weight excluding hydrogens is 266 g/mol. The molecule has 0 radical (unpaired) electrons. The number of hydrogen-bond donors (Lipinski definition) is 1. The molecule has 1 saturated heterocycles. The number of halogens is 1. The van der Waals surface area contributed by atoms with Crippen LogP contribution in [0.1, 0.15) is 18.4 Å². The summed E-state index contributed by atoms with van der Waals surface area (Å²) in [5.74, 6) is 0.659. The molecule has 1 aliphatic rings. The van der Waals surface area contributed by atoms with E-state index < -0.39 is 0 Å². The van der Waals surface area contributed by atoms with Crippen molar-refractivity contribution < 1.29 is 4.74 Å². The summed E-state index contributed by atoms with van der Waals surface area (Å²) < 4.78 is 6.60. The van der Waals surface area contributed by atoms with Gasteiger partial charge in [-0.2, -0.15) is 0 Å². The van der Waals surface area contributed by atoms with Gasteiger partial charge in [0.25, 0.3) is 0 Å². The van der Waals surface area contributed by atoms with Gasteiger partial charge in [-0.25, -0.2) is 0 Å². The van der Waals surface area contributed by atoms with Gasteiger partial charge >= 0.3 is 0 Å². The van der Waals surface area contributed by atoms with Crippen LogP contribution in [0.25, 0.3) is 0 Å². The second-order valence-corrected chi connectivity index (χ2v) is 5.34. The summed E-state index contributed by atoms with van der Waals surface area (Å²) in [6, 6.07) is 6.34. The molecule has 0 saturated carbocycles. The molecule has 0 bridgehead atoms. The number of ether oxygens (including phenoxy) is 1. The molecule has 3 heteroatoms. The van der Waals surface area contributed by atoms with E-state index in [0.29, 0.717) is 5.92 Å². The van der Waals surface area contributed by atoms with Gasteiger partial charge in [-0.05, 0) is 43.4 Å². The van der Waals surface area contributed by atoms with Gasteiger partial charge in [-0.3, -0.25) is 0 Å². The van der Waals surface area contributed by atoms with E-state index in [-0.39, 0.29) is 0 Å². The predicted molar refractivity (Wildman–Crippen MR) is 70.9 cm³/mol. The van der Waals surface area contributed by atoms with Crippen molar-refractivity contribution in [3.8, 4) is 0 Å². The number of rotatable bonds is 3. The highest BCUT2D eigenvalue weighted by Gasteiger charge is 2.13. The van der Waals surface area contributed by atoms with Gasteiger partial charge in [-0.15, -0.1) is 0 Å². The Balaban J connectivity index is 1.90. The first-order valence-corrected chi connectivity index (χ1v) is 6.63. The molecule has 1 atom stereocenters. The highest BCUT2D eigenvalue weighted by Crippen LogP contribution is 2.22. The first-order valence-electron chi connectivity index (χ1n) is 5.83. The Morgan fingerprint density at radius 3 is 3.12 bits per heavy atom. The zero-order valence-corrected chi connectivity index (χ0v) is 11.2. The third-order valence-corrected chi connectivity index (χ3v) is 3.53. The largest absolute Gasteiger partial charge is 0.384 e. The van der Waals surface area contributed by atoms with Crippen LogP contribution in [-0.2, 0) is 4.74 Å². The highest BCUT2D eigenvalue weighted by atomic mass is 79.9. The molecule has 1 N–H and O–H groups in total. The van der Waals surface area contributed by atoms with Crippen LogP contribution in [0.2, 0.25) is 0 Å². The van der Waals surface area contributed by atoms with Crippen LogP contribution in [0.4, 0.5) is 5.69 Å². The maximum atomic E-state index is 5.48. The lowest BCUT2D eigenvalue weighted by molar-refractivity contribution is 0.0595. The third-order valence-electron chi connectivity index (χ3n) is 3.04. The predicted octanol–water partition coefficient (Wildman–Crippen LogP) is 3.60. The number of anilines is 1. The Hall–Kier alpha value is -0.540. The molecule has 0 spiro atoms. The second-order valence-electron chi connectivity index (χ2n) is 4.42. The summed E-state index contributed by atoms with van der Waals surface area (Å²) in [7, 11) is 0. The van der Waals surface area contributed by atoms with E-state index in [4.69, 9.17) is 4.74 Å². The van der Waals surface area contributed by atoms with Gasteiger partial charge in [0.05, 0.1) is 6.61 Å². The van der Waals surface area contributed by atoms with E-state index in [0.717, 1.165) is 24.2 Å². The summed E-state index contributed by atoms with van der Waals surface area (Å²) >= 11 is 3.50. The normalized spacial score (nSPS) is 20.8. The van der Waals surface area contributed by atoms with Crippen molar-refractivity contribution in [3.05, 3.63) is 28.2 Å². The monoisotopic (exact) mass is 283 g/mol. The molecule has 1 unspecified atom stereocenters. The zero-order chi connectivity index (χ0) is 11.4. The molecule has 0 aliphatic carbocycles. The van der Waals surface area contributed by atoms with E-state index in [1.807, 2.05) is 0 Å². The number of nitrogens with one attached hydrogen (secondary N) is 1. The van der Waals surface area contributed by atoms with Crippen LogP contribution in [0.3, 0.4) is 0 Å². The average Bonchev–Trinajstić information content (AvgIpc) is 2.32. The van der Waals surface area contributed by atoms with Gasteiger partial charge in [0.1, 0.15) is 0 Å². The summed E-state index contributed by atoms with van der Waals surface area (Å²) in [5.41, 5.74) is 2.51. The Bertz CT molecular complexity index is 348. The molecule has 2 nitrogen and oxygen atoms in total. The molecule has 0 aromatic heterocycles. The summed E-state index contributed by atoms with van der Waals surface area (Å²) in [4.78, 5) is 0. The van der Waals surface area contributed by atoms with Crippen molar-refractivity contribution in [3.63, 3.8) is 0 Å². The Labute approximate surface area is 106 Å². The summed E-state index contributed by atoms with van der Waals surface area (Å²) in [6.45, 7) is 4.98. The minimum Gasteiger partial charge on any atom is -0.384 e. The highest BCUT2D eigenvalue weighted by molar-refractivity contribution is 9.10. The summed E-state index contributed by atoms with van der Waals surface area (Å²) in [6.07, 6.45) is 2.48. The van der Waals surface area contributed by atoms with Crippen LogP contribution in [0.5, 0.6) is 0 Å². The van der Waals surface area contributed by atoms with Crippen molar-refractivity contribution in [1.29, 1.82) is 0 Å². The molecule has 1 heterocycles. The number of aryl methyl sites for hydroxylation is 1. The molecule has 1 aromatic rings. The van der Waals surface area contributed by atoms with Crippen molar-refractivity contribution in [2.45, 2.75) is 19.8 Å². The molecule has 0 amide bonds. The van der Waals surface area contributed by atoms with Crippen LogP contribution in [0, 0.1) is 12.8 Å². The minimum absolute atomic E-state index is 0.659. The minimum atomic E-state index is 0.659. The van der Waals surface area contributed by atoms with Crippen LogP contribution < -0.4 is 5.32 Å². The first-order chi connectivity index (χ1) is 7.75. The second kappa shape index (κ2) is 5.69. The van der Waals surface area contributed by atoms with Crippen molar-refractivity contribution in [2.75, 3.05) is 25.1 Å². The molecule has 16 heavy (non-hydrogen) atoms. The van der Waals surface area contributed by atoms with Crippen LogP contribution in [0.15, 0.2) is 22.7 Å². The van der Waals surface area contributed by atoms with Crippen LogP contribution >= 0.6 is 15.9 Å². The Morgan fingerprint density at radius 1 is 1.50 bits per heavy atom. The third kappa shape index (κ3) is 3.22. The van der Waals surface area contributed by atoms with Gasteiger partial charge < -0.3 is 10.1 Å². The quantitative estimate of drug-likeness (QED) is 0.915. The fourth-order valence-corrected chi connectivity index (χ4v) is 2.37. The van der Waals surface area contributed by atoms with Gasteiger partial charge in [-0.1, -0.05) is 22.0 Å². The van der Waals surface area contributed by atoms with Gasteiger partial charge in [0.15, 0.2) is 0 Å². The lowest BCUT2D eigenvalue weighted by Crippen LogP contribution is -2.24. The van der Waals surface area contributed by atoms with Gasteiger partial charge in [0, 0.05) is 23.3 Å². The molecule has 1 aromatic carbocycles. The topological polar surface area (TPSA) is 21.3 Å². The smallest absolute Gasteiger partial charge is 0.0511 e. The number of benzene rings is 1.